The Bertz CT molecular complexity index is 356. The van der Waals surface area contributed by atoms with Crippen molar-refractivity contribution in [2.24, 2.45) is 11.8 Å². The highest BCUT2D eigenvalue weighted by Crippen LogP contribution is 2.20. The second kappa shape index (κ2) is 6.57. The highest BCUT2D eigenvalue weighted by Gasteiger charge is 2.32. The zero-order valence-electron chi connectivity index (χ0n) is 13.3. The SMILES string of the molecule is CC(C)C(=O)N1CCC(C(=O)NC(C)(C)C(C)O)CC1. The van der Waals surface area contributed by atoms with Gasteiger partial charge in [0.15, 0.2) is 0 Å². The lowest BCUT2D eigenvalue weighted by atomic mass is 9.92. The van der Waals surface area contributed by atoms with E-state index in [1.165, 1.54) is 0 Å². The number of hydrogen-bond donors (Lipinski definition) is 2. The maximum atomic E-state index is 12.2. The van der Waals surface area contributed by atoms with Crippen molar-refractivity contribution in [3.8, 4) is 0 Å². The van der Waals surface area contributed by atoms with E-state index in [0.717, 1.165) is 0 Å². The van der Waals surface area contributed by atoms with E-state index >= 15 is 0 Å². The maximum Gasteiger partial charge on any atom is 0.225 e. The molecule has 0 bridgehead atoms. The zero-order valence-corrected chi connectivity index (χ0v) is 13.3. The average Bonchev–Trinajstić information content (AvgIpc) is 2.37. The van der Waals surface area contributed by atoms with Crippen LogP contribution in [0, 0.1) is 11.8 Å². The molecular weight excluding hydrogens is 256 g/mol. The van der Waals surface area contributed by atoms with Gasteiger partial charge in [0.2, 0.25) is 11.8 Å². The molecule has 0 saturated carbocycles. The molecule has 1 atom stereocenters. The van der Waals surface area contributed by atoms with Crippen LogP contribution in [0.25, 0.3) is 0 Å². The summed E-state index contributed by atoms with van der Waals surface area (Å²) in [7, 11) is 0. The normalized spacial score (nSPS) is 19.1. The van der Waals surface area contributed by atoms with Gasteiger partial charge in [-0.05, 0) is 33.6 Å². The van der Waals surface area contributed by atoms with Crippen LogP contribution in [0.2, 0.25) is 0 Å². The summed E-state index contributed by atoms with van der Waals surface area (Å²) >= 11 is 0. The topological polar surface area (TPSA) is 69.6 Å². The van der Waals surface area contributed by atoms with Gasteiger partial charge in [0, 0.05) is 24.9 Å². The summed E-state index contributed by atoms with van der Waals surface area (Å²) < 4.78 is 0. The van der Waals surface area contributed by atoms with Crippen molar-refractivity contribution in [2.45, 2.75) is 59.1 Å². The second-order valence-corrected chi connectivity index (χ2v) is 6.64. The molecule has 116 valence electrons. The van der Waals surface area contributed by atoms with Gasteiger partial charge in [-0.1, -0.05) is 13.8 Å². The number of piperidine rings is 1. The molecule has 1 aliphatic rings. The number of carbonyl (C=O) groups excluding carboxylic acids is 2. The van der Waals surface area contributed by atoms with Crippen molar-refractivity contribution >= 4 is 11.8 Å². The largest absolute Gasteiger partial charge is 0.391 e. The average molecular weight is 284 g/mol. The van der Waals surface area contributed by atoms with E-state index < -0.39 is 11.6 Å². The third-order valence-corrected chi connectivity index (χ3v) is 4.16. The molecule has 0 spiro atoms. The molecule has 0 aromatic rings. The van der Waals surface area contributed by atoms with Gasteiger partial charge in [0.05, 0.1) is 11.6 Å². The number of hydrogen-bond acceptors (Lipinski definition) is 3. The molecule has 5 heteroatoms. The van der Waals surface area contributed by atoms with Crippen molar-refractivity contribution in [3.63, 3.8) is 0 Å². The molecule has 1 aliphatic heterocycles. The summed E-state index contributed by atoms with van der Waals surface area (Å²) in [6.45, 7) is 10.4. The summed E-state index contributed by atoms with van der Waals surface area (Å²) in [6, 6.07) is 0. The van der Waals surface area contributed by atoms with Crippen LogP contribution in [-0.2, 0) is 9.59 Å². The van der Waals surface area contributed by atoms with Gasteiger partial charge >= 0.3 is 0 Å². The molecule has 2 amide bonds. The monoisotopic (exact) mass is 284 g/mol. The van der Waals surface area contributed by atoms with Gasteiger partial charge in [0.25, 0.3) is 0 Å². The molecule has 20 heavy (non-hydrogen) atoms. The van der Waals surface area contributed by atoms with E-state index in [4.69, 9.17) is 0 Å². The molecule has 0 radical (unpaired) electrons. The van der Waals surface area contributed by atoms with Crippen LogP contribution in [-0.4, -0.2) is 46.6 Å². The van der Waals surface area contributed by atoms with Gasteiger partial charge in [-0.3, -0.25) is 9.59 Å². The molecule has 1 rings (SSSR count). The number of amides is 2. The van der Waals surface area contributed by atoms with Crippen molar-refractivity contribution < 1.29 is 14.7 Å². The Morgan fingerprint density at radius 1 is 1.20 bits per heavy atom. The highest BCUT2D eigenvalue weighted by molar-refractivity contribution is 5.81. The second-order valence-electron chi connectivity index (χ2n) is 6.64. The van der Waals surface area contributed by atoms with Crippen LogP contribution in [0.4, 0.5) is 0 Å². The summed E-state index contributed by atoms with van der Waals surface area (Å²) in [4.78, 5) is 25.9. The molecule has 0 aromatic heterocycles. The van der Waals surface area contributed by atoms with Gasteiger partial charge < -0.3 is 15.3 Å². The van der Waals surface area contributed by atoms with E-state index in [0.29, 0.717) is 25.9 Å². The minimum Gasteiger partial charge on any atom is -0.391 e. The number of aliphatic hydroxyl groups is 1. The first kappa shape index (κ1) is 17.0. The van der Waals surface area contributed by atoms with Gasteiger partial charge in [0.1, 0.15) is 0 Å². The lowest BCUT2D eigenvalue weighted by Gasteiger charge is -2.35. The Morgan fingerprint density at radius 3 is 2.10 bits per heavy atom. The zero-order chi connectivity index (χ0) is 15.5. The predicted octanol–water partition coefficient (Wildman–Crippen LogP) is 1.16. The Hall–Kier alpha value is -1.10. The summed E-state index contributed by atoms with van der Waals surface area (Å²) in [5.41, 5.74) is -0.623. The molecule has 1 unspecified atom stereocenters. The molecule has 0 aliphatic carbocycles. The first-order valence-electron chi connectivity index (χ1n) is 7.44. The maximum absolute atomic E-state index is 12.2. The number of nitrogens with zero attached hydrogens (tertiary/aromatic N) is 1. The fraction of sp³-hybridized carbons (Fsp3) is 0.867. The Labute approximate surface area is 121 Å². The van der Waals surface area contributed by atoms with Crippen LogP contribution in [0.3, 0.4) is 0 Å². The van der Waals surface area contributed by atoms with Gasteiger partial charge in [-0.15, -0.1) is 0 Å². The first-order chi connectivity index (χ1) is 9.15. The van der Waals surface area contributed by atoms with E-state index in [2.05, 4.69) is 5.32 Å². The van der Waals surface area contributed by atoms with Crippen molar-refractivity contribution in [2.75, 3.05) is 13.1 Å². The summed E-state index contributed by atoms with van der Waals surface area (Å²) in [5.74, 6) is 0.0829. The minimum absolute atomic E-state index is 0.00884. The predicted molar refractivity (Wildman–Crippen MR) is 78.0 cm³/mol. The number of likely N-dealkylation sites (tertiary alicyclic amines) is 1. The highest BCUT2D eigenvalue weighted by atomic mass is 16.3. The molecule has 1 fully saturated rings. The fourth-order valence-electron chi connectivity index (χ4n) is 2.25. The quantitative estimate of drug-likeness (QED) is 0.814. The summed E-state index contributed by atoms with van der Waals surface area (Å²) in [5, 5.41) is 12.5. The molecule has 1 heterocycles. The van der Waals surface area contributed by atoms with Crippen LogP contribution in [0.1, 0.15) is 47.5 Å². The van der Waals surface area contributed by atoms with Crippen LogP contribution < -0.4 is 5.32 Å². The van der Waals surface area contributed by atoms with E-state index in [1.807, 2.05) is 32.6 Å². The van der Waals surface area contributed by atoms with Crippen LogP contribution >= 0.6 is 0 Å². The first-order valence-corrected chi connectivity index (χ1v) is 7.44. The van der Waals surface area contributed by atoms with Crippen LogP contribution in [0.5, 0.6) is 0 Å². The fourth-order valence-corrected chi connectivity index (χ4v) is 2.25. The lowest BCUT2D eigenvalue weighted by Crippen LogP contribution is -2.54. The van der Waals surface area contributed by atoms with E-state index in [-0.39, 0.29) is 23.7 Å². The molecule has 1 saturated heterocycles. The Kier molecular flexibility index (Phi) is 5.57. The van der Waals surface area contributed by atoms with E-state index in [1.54, 1.807) is 6.92 Å². The number of carbonyl (C=O) groups is 2. The smallest absolute Gasteiger partial charge is 0.225 e. The molecule has 0 aromatic carbocycles. The Morgan fingerprint density at radius 2 is 1.70 bits per heavy atom. The number of nitrogens with one attached hydrogen (secondary N) is 1. The molecular formula is C15H28N2O3. The van der Waals surface area contributed by atoms with Gasteiger partial charge in [-0.25, -0.2) is 0 Å². The minimum atomic E-state index is -0.623. The van der Waals surface area contributed by atoms with Crippen molar-refractivity contribution in [1.82, 2.24) is 10.2 Å². The molecule has 2 N–H and O–H groups in total. The van der Waals surface area contributed by atoms with Crippen molar-refractivity contribution in [1.29, 1.82) is 0 Å². The molecule has 5 nitrogen and oxygen atoms in total. The standard InChI is InChI=1S/C15H28N2O3/c1-10(2)14(20)17-8-6-12(7-9-17)13(19)16-15(4,5)11(3)18/h10-12,18H,6-9H2,1-5H3,(H,16,19). The third kappa shape index (κ3) is 4.20. The third-order valence-electron chi connectivity index (χ3n) is 4.16. The van der Waals surface area contributed by atoms with E-state index in [9.17, 15) is 14.7 Å². The number of rotatable bonds is 4. The lowest BCUT2D eigenvalue weighted by molar-refractivity contribution is -0.138. The summed E-state index contributed by atoms with van der Waals surface area (Å²) in [6.07, 6.45) is 0.787. The Balaban J connectivity index is 2.49. The number of aliphatic hydroxyl groups excluding tert-OH is 1. The van der Waals surface area contributed by atoms with Gasteiger partial charge in [-0.2, -0.15) is 0 Å². The van der Waals surface area contributed by atoms with Crippen molar-refractivity contribution in [3.05, 3.63) is 0 Å². The van der Waals surface area contributed by atoms with Crippen LogP contribution in [0.15, 0.2) is 0 Å².